The van der Waals surface area contributed by atoms with Gasteiger partial charge in [0.05, 0.1) is 0 Å². The number of urea groups is 1. The van der Waals surface area contributed by atoms with E-state index in [0.717, 1.165) is 30.6 Å². The molecule has 5 N–H and O–H groups in total. The van der Waals surface area contributed by atoms with Crippen LogP contribution in [0.4, 0.5) is 16.2 Å². The van der Waals surface area contributed by atoms with Crippen molar-refractivity contribution < 1.29 is 19.5 Å². The molecule has 35 heavy (non-hydrogen) atoms. The minimum atomic E-state index is -0.250. The first-order valence-electron chi connectivity index (χ1n) is 11.6. The molecule has 0 aliphatic carbocycles. The zero-order chi connectivity index (χ0) is 25.6. The molecular formula is C25H34ClN5O4. The number of halogens is 1. The highest BCUT2D eigenvalue weighted by Crippen LogP contribution is 2.19. The van der Waals surface area contributed by atoms with Crippen molar-refractivity contribution in [2.75, 3.05) is 43.4 Å². The Morgan fingerprint density at radius 1 is 1.14 bits per heavy atom. The number of nitrogens with zero attached hydrogens (tertiary/aromatic N) is 2. The van der Waals surface area contributed by atoms with Crippen molar-refractivity contribution in [2.24, 2.45) is 5.73 Å². The number of rotatable bonds is 8. The highest BCUT2D eigenvalue weighted by molar-refractivity contribution is 6.30. The van der Waals surface area contributed by atoms with Crippen molar-refractivity contribution in [1.29, 1.82) is 0 Å². The number of amides is 3. The first kappa shape index (κ1) is 27.9. The van der Waals surface area contributed by atoms with Crippen LogP contribution in [-0.2, 0) is 16.0 Å². The number of carbonyl (C=O) groups is 3. The third kappa shape index (κ3) is 9.46. The highest BCUT2D eigenvalue weighted by atomic mass is 35.5. The van der Waals surface area contributed by atoms with Gasteiger partial charge in [0.15, 0.2) is 0 Å². The zero-order valence-corrected chi connectivity index (χ0v) is 20.7. The fourth-order valence-electron chi connectivity index (χ4n) is 3.76. The number of likely N-dealkylation sites (tertiary alicyclic amines) is 1. The van der Waals surface area contributed by atoms with Gasteiger partial charge in [-0.25, -0.2) is 4.79 Å². The molecule has 2 aromatic rings. The van der Waals surface area contributed by atoms with Gasteiger partial charge < -0.3 is 31.3 Å². The van der Waals surface area contributed by atoms with Crippen LogP contribution in [0.15, 0.2) is 48.5 Å². The SMILES string of the molecule is CN(C(=O)CCNC(=O)N1CCC(Nc2ccc(CCN)cc2)CC1)c1ccc(Cl)cc1.O=CO. The van der Waals surface area contributed by atoms with E-state index in [1.165, 1.54) is 5.56 Å². The molecule has 0 unspecified atom stereocenters. The molecule has 2 aromatic carbocycles. The van der Waals surface area contributed by atoms with E-state index in [1.807, 2.05) is 4.90 Å². The van der Waals surface area contributed by atoms with Crippen LogP contribution in [0.25, 0.3) is 0 Å². The summed E-state index contributed by atoms with van der Waals surface area (Å²) in [4.78, 5) is 36.6. The largest absolute Gasteiger partial charge is 0.483 e. The maximum Gasteiger partial charge on any atom is 0.317 e. The van der Waals surface area contributed by atoms with Crippen LogP contribution in [0, 0.1) is 0 Å². The standard InChI is InChI=1S/C24H32ClN5O2.CH2O2/c1-29(22-8-4-19(25)5-9-22)23(31)11-15-27-24(32)30-16-12-21(13-17-30)28-20-6-2-18(3-7-20)10-14-26;2-1-3/h2-9,21,28H,10-17,26H2,1H3,(H,27,32);1H,(H,2,3). The number of hydrogen-bond acceptors (Lipinski definition) is 5. The summed E-state index contributed by atoms with van der Waals surface area (Å²) in [7, 11) is 1.72. The molecule has 10 heteroatoms. The molecule has 0 bridgehead atoms. The summed E-state index contributed by atoms with van der Waals surface area (Å²) >= 11 is 5.89. The Hall–Kier alpha value is -3.30. The van der Waals surface area contributed by atoms with Gasteiger partial charge in [0.25, 0.3) is 6.47 Å². The highest BCUT2D eigenvalue weighted by Gasteiger charge is 2.22. The summed E-state index contributed by atoms with van der Waals surface area (Å²) in [5, 5.41) is 13.9. The van der Waals surface area contributed by atoms with Crippen molar-refractivity contribution in [3.8, 4) is 0 Å². The van der Waals surface area contributed by atoms with E-state index in [2.05, 4.69) is 34.9 Å². The Labute approximate surface area is 211 Å². The minimum absolute atomic E-state index is 0.0620. The number of carbonyl (C=O) groups excluding carboxylic acids is 2. The van der Waals surface area contributed by atoms with Crippen LogP contribution in [0.3, 0.4) is 0 Å². The van der Waals surface area contributed by atoms with Crippen molar-refractivity contribution >= 4 is 41.4 Å². The van der Waals surface area contributed by atoms with Crippen LogP contribution >= 0.6 is 11.6 Å². The molecule has 0 spiro atoms. The molecule has 0 radical (unpaired) electrons. The van der Waals surface area contributed by atoms with Crippen molar-refractivity contribution in [2.45, 2.75) is 31.7 Å². The van der Waals surface area contributed by atoms with Gasteiger partial charge in [-0.1, -0.05) is 23.7 Å². The number of carboxylic acid groups (broad SMARTS) is 1. The van der Waals surface area contributed by atoms with Gasteiger partial charge >= 0.3 is 6.03 Å². The molecule has 0 saturated carbocycles. The molecule has 1 saturated heterocycles. The van der Waals surface area contributed by atoms with E-state index in [-0.39, 0.29) is 24.8 Å². The first-order valence-corrected chi connectivity index (χ1v) is 11.9. The van der Waals surface area contributed by atoms with Crippen molar-refractivity contribution in [1.82, 2.24) is 10.2 Å². The van der Waals surface area contributed by atoms with E-state index >= 15 is 0 Å². The Bertz CT molecular complexity index is 932. The summed E-state index contributed by atoms with van der Waals surface area (Å²) in [5.41, 5.74) is 8.70. The molecule has 1 fully saturated rings. The zero-order valence-electron chi connectivity index (χ0n) is 20.0. The quantitative estimate of drug-likeness (QED) is 0.410. The lowest BCUT2D eigenvalue weighted by Crippen LogP contribution is -2.47. The molecule has 3 amide bonds. The smallest absolute Gasteiger partial charge is 0.317 e. The summed E-state index contributed by atoms with van der Waals surface area (Å²) in [6.45, 7) is 2.09. The lowest BCUT2D eigenvalue weighted by molar-refractivity contribution is -0.123. The van der Waals surface area contributed by atoms with Crippen LogP contribution in [0.2, 0.25) is 5.02 Å². The summed E-state index contributed by atoms with van der Waals surface area (Å²) in [6, 6.07) is 15.7. The maximum absolute atomic E-state index is 12.5. The van der Waals surface area contributed by atoms with Gasteiger partial charge in [0, 0.05) is 55.5 Å². The van der Waals surface area contributed by atoms with E-state index in [0.29, 0.717) is 37.2 Å². The van der Waals surface area contributed by atoms with Gasteiger partial charge in [-0.15, -0.1) is 0 Å². The van der Waals surface area contributed by atoms with Crippen LogP contribution in [-0.4, -0.2) is 67.7 Å². The van der Waals surface area contributed by atoms with E-state index < -0.39 is 0 Å². The summed E-state index contributed by atoms with van der Waals surface area (Å²) in [6.07, 6.45) is 2.90. The molecule has 3 rings (SSSR count). The molecule has 1 heterocycles. The summed E-state index contributed by atoms with van der Waals surface area (Å²) in [5.74, 6) is -0.0620. The topological polar surface area (TPSA) is 128 Å². The number of benzene rings is 2. The Morgan fingerprint density at radius 2 is 1.74 bits per heavy atom. The lowest BCUT2D eigenvalue weighted by Gasteiger charge is -2.33. The molecule has 0 atom stereocenters. The number of nitrogens with one attached hydrogen (secondary N) is 2. The predicted molar refractivity (Wildman–Crippen MR) is 139 cm³/mol. The molecule has 190 valence electrons. The maximum atomic E-state index is 12.5. The predicted octanol–water partition coefficient (Wildman–Crippen LogP) is 3.18. The van der Waals surface area contributed by atoms with Crippen LogP contribution < -0.4 is 21.3 Å². The average molecular weight is 504 g/mol. The van der Waals surface area contributed by atoms with E-state index in [9.17, 15) is 9.59 Å². The second kappa shape index (κ2) is 14.9. The third-order valence-corrected chi connectivity index (χ3v) is 6.00. The first-order chi connectivity index (χ1) is 16.9. The lowest BCUT2D eigenvalue weighted by atomic mass is 10.0. The Morgan fingerprint density at radius 3 is 2.31 bits per heavy atom. The van der Waals surface area contributed by atoms with E-state index in [1.54, 1.807) is 36.2 Å². The van der Waals surface area contributed by atoms with Crippen LogP contribution in [0.5, 0.6) is 0 Å². The number of anilines is 2. The molecule has 1 aliphatic rings. The monoisotopic (exact) mass is 503 g/mol. The van der Waals surface area contributed by atoms with Gasteiger partial charge in [0.1, 0.15) is 0 Å². The van der Waals surface area contributed by atoms with Gasteiger partial charge in [-0.3, -0.25) is 9.59 Å². The van der Waals surface area contributed by atoms with Gasteiger partial charge in [-0.2, -0.15) is 0 Å². The fourth-order valence-corrected chi connectivity index (χ4v) is 3.89. The molecule has 1 aliphatic heterocycles. The average Bonchev–Trinajstić information content (AvgIpc) is 2.86. The Kier molecular flexibility index (Phi) is 11.9. The van der Waals surface area contributed by atoms with Gasteiger partial charge in [-0.05, 0) is 67.8 Å². The normalized spacial score (nSPS) is 13.3. The summed E-state index contributed by atoms with van der Waals surface area (Å²) < 4.78 is 0. The Balaban J connectivity index is 0.00000137. The van der Waals surface area contributed by atoms with Gasteiger partial charge in [0.2, 0.25) is 5.91 Å². The minimum Gasteiger partial charge on any atom is -0.483 e. The third-order valence-electron chi connectivity index (χ3n) is 5.74. The second-order valence-electron chi connectivity index (χ2n) is 8.16. The van der Waals surface area contributed by atoms with Crippen molar-refractivity contribution in [3.63, 3.8) is 0 Å². The number of hydrogen-bond donors (Lipinski definition) is 4. The molecule has 9 nitrogen and oxygen atoms in total. The molecule has 0 aromatic heterocycles. The van der Waals surface area contributed by atoms with Crippen LogP contribution in [0.1, 0.15) is 24.8 Å². The van der Waals surface area contributed by atoms with E-state index in [4.69, 9.17) is 27.2 Å². The fraction of sp³-hybridized carbons (Fsp3) is 0.400. The number of nitrogens with two attached hydrogens (primary N) is 1. The number of piperidine rings is 1. The second-order valence-corrected chi connectivity index (χ2v) is 8.59. The van der Waals surface area contributed by atoms with Crippen molar-refractivity contribution in [3.05, 3.63) is 59.1 Å². The molecular weight excluding hydrogens is 470 g/mol.